The second-order valence-electron chi connectivity index (χ2n) is 3.87. The molecule has 0 bridgehead atoms. The Bertz CT molecular complexity index is 470. The molecule has 1 atom stereocenters. The normalized spacial score (nSPS) is 12.4. The Kier molecular flexibility index (Phi) is 6.90. The highest BCUT2D eigenvalue weighted by molar-refractivity contribution is 9.10. The number of ether oxygens (including phenoxy) is 1. The summed E-state index contributed by atoms with van der Waals surface area (Å²) in [7, 11) is 1.61. The zero-order chi connectivity index (χ0) is 14.3. The lowest BCUT2D eigenvalue weighted by Gasteiger charge is -2.13. The number of thiocarbonyl (C=S) groups is 1. The summed E-state index contributed by atoms with van der Waals surface area (Å²) in [6.07, 6.45) is 1.37. The summed E-state index contributed by atoms with van der Waals surface area (Å²) >= 11 is 8.29. The largest absolute Gasteiger partial charge is 0.383 e. The lowest BCUT2D eigenvalue weighted by molar-refractivity contribution is 0.179. The second-order valence-corrected chi connectivity index (χ2v) is 5.19. The van der Waals surface area contributed by atoms with E-state index in [1.807, 2.05) is 6.92 Å². The Morgan fingerprint density at radius 2 is 2.37 bits per heavy atom. The van der Waals surface area contributed by atoms with Gasteiger partial charge in [-0.15, -0.1) is 0 Å². The maximum Gasteiger partial charge on any atom is 0.187 e. The molecule has 104 valence electrons. The van der Waals surface area contributed by atoms with Gasteiger partial charge in [0.2, 0.25) is 0 Å². The van der Waals surface area contributed by atoms with Crippen LogP contribution in [0.5, 0.6) is 0 Å². The molecule has 0 spiro atoms. The smallest absolute Gasteiger partial charge is 0.187 e. The van der Waals surface area contributed by atoms with E-state index < -0.39 is 0 Å². The van der Waals surface area contributed by atoms with Crippen molar-refractivity contribution < 1.29 is 9.13 Å². The molecule has 2 N–H and O–H groups in total. The predicted octanol–water partition coefficient (Wildman–Crippen LogP) is 2.42. The molecule has 0 unspecified atom stereocenters. The fourth-order valence-electron chi connectivity index (χ4n) is 1.32. The van der Waals surface area contributed by atoms with Crippen LogP contribution in [0.15, 0.2) is 27.8 Å². The van der Waals surface area contributed by atoms with Crippen LogP contribution in [0.3, 0.4) is 0 Å². The lowest BCUT2D eigenvalue weighted by atomic mass is 10.2. The first-order chi connectivity index (χ1) is 9.02. The van der Waals surface area contributed by atoms with Crippen LogP contribution in [-0.4, -0.2) is 31.1 Å². The fourth-order valence-corrected chi connectivity index (χ4v) is 1.95. The van der Waals surface area contributed by atoms with Crippen molar-refractivity contribution in [3.8, 4) is 0 Å². The number of methoxy groups -OCH3 is 1. The number of rotatable bonds is 5. The van der Waals surface area contributed by atoms with E-state index in [1.54, 1.807) is 19.2 Å². The monoisotopic (exact) mass is 347 g/mol. The molecule has 0 heterocycles. The van der Waals surface area contributed by atoms with Crippen LogP contribution < -0.4 is 10.7 Å². The summed E-state index contributed by atoms with van der Waals surface area (Å²) in [5, 5.41) is 7.21. The first kappa shape index (κ1) is 16.0. The molecule has 0 aliphatic heterocycles. The molecule has 19 heavy (non-hydrogen) atoms. The van der Waals surface area contributed by atoms with Gasteiger partial charge in [-0.3, -0.25) is 5.43 Å². The zero-order valence-corrected chi connectivity index (χ0v) is 13.0. The number of nitrogens with zero attached hydrogens (tertiary/aromatic N) is 1. The van der Waals surface area contributed by atoms with Crippen molar-refractivity contribution in [3.63, 3.8) is 0 Å². The quantitative estimate of drug-likeness (QED) is 0.487. The molecule has 0 amide bonds. The molecule has 1 aromatic carbocycles. The van der Waals surface area contributed by atoms with Gasteiger partial charge in [-0.25, -0.2) is 4.39 Å². The van der Waals surface area contributed by atoms with E-state index in [9.17, 15) is 4.39 Å². The molecule has 0 aliphatic rings. The third kappa shape index (κ3) is 6.09. The van der Waals surface area contributed by atoms with Crippen molar-refractivity contribution >= 4 is 39.5 Å². The van der Waals surface area contributed by atoms with Crippen LogP contribution in [0.1, 0.15) is 12.5 Å². The van der Waals surface area contributed by atoms with Gasteiger partial charge in [0, 0.05) is 23.2 Å². The average Bonchev–Trinajstić information content (AvgIpc) is 2.33. The van der Waals surface area contributed by atoms with Crippen LogP contribution in [0.25, 0.3) is 0 Å². The summed E-state index contributed by atoms with van der Waals surface area (Å²) in [4.78, 5) is 0. The molecule has 0 fully saturated rings. The highest BCUT2D eigenvalue weighted by atomic mass is 79.9. The molecule has 1 rings (SSSR count). The molecule has 4 nitrogen and oxygen atoms in total. The number of halogens is 2. The first-order valence-corrected chi connectivity index (χ1v) is 6.76. The summed E-state index contributed by atoms with van der Waals surface area (Å²) in [5.74, 6) is -0.347. The Morgan fingerprint density at radius 3 is 3.05 bits per heavy atom. The molecule has 0 saturated carbocycles. The summed E-state index contributed by atoms with van der Waals surface area (Å²) in [6, 6.07) is 4.69. The third-order valence-corrected chi connectivity index (χ3v) is 2.82. The van der Waals surface area contributed by atoms with Crippen LogP contribution >= 0.6 is 28.1 Å². The zero-order valence-electron chi connectivity index (χ0n) is 10.6. The van der Waals surface area contributed by atoms with Gasteiger partial charge in [0.15, 0.2) is 5.11 Å². The van der Waals surface area contributed by atoms with E-state index in [4.69, 9.17) is 17.0 Å². The minimum atomic E-state index is -0.347. The van der Waals surface area contributed by atoms with Gasteiger partial charge in [0.05, 0.1) is 12.8 Å². The van der Waals surface area contributed by atoms with E-state index in [0.29, 0.717) is 17.3 Å². The van der Waals surface area contributed by atoms with Gasteiger partial charge in [-0.1, -0.05) is 15.9 Å². The first-order valence-electron chi connectivity index (χ1n) is 5.56. The lowest BCUT2D eigenvalue weighted by Crippen LogP contribution is -2.40. The van der Waals surface area contributed by atoms with Gasteiger partial charge in [-0.2, -0.15) is 5.10 Å². The van der Waals surface area contributed by atoms with Crippen molar-refractivity contribution in [2.75, 3.05) is 13.7 Å². The number of benzene rings is 1. The predicted molar refractivity (Wildman–Crippen MR) is 81.9 cm³/mol. The maximum atomic E-state index is 13.4. The Hall–Kier alpha value is -1.05. The van der Waals surface area contributed by atoms with Gasteiger partial charge in [-0.05, 0) is 37.3 Å². The average molecular weight is 348 g/mol. The summed E-state index contributed by atoms with van der Waals surface area (Å²) in [5.41, 5.74) is 2.99. The van der Waals surface area contributed by atoms with Crippen molar-refractivity contribution in [3.05, 3.63) is 34.1 Å². The maximum absolute atomic E-state index is 13.4. The highest BCUT2D eigenvalue weighted by Gasteiger charge is 2.02. The van der Waals surface area contributed by atoms with Gasteiger partial charge >= 0.3 is 0 Å². The molecule has 0 radical (unpaired) electrons. The molecule has 0 aromatic heterocycles. The Morgan fingerprint density at radius 1 is 1.63 bits per heavy atom. The van der Waals surface area contributed by atoms with Gasteiger partial charge < -0.3 is 10.1 Å². The number of hydrazone groups is 1. The van der Waals surface area contributed by atoms with E-state index in [2.05, 4.69) is 31.8 Å². The van der Waals surface area contributed by atoms with E-state index in [1.165, 1.54) is 12.3 Å². The van der Waals surface area contributed by atoms with Crippen LogP contribution in [0.2, 0.25) is 0 Å². The van der Waals surface area contributed by atoms with Gasteiger partial charge in [0.25, 0.3) is 0 Å². The number of nitrogens with one attached hydrogen (secondary N) is 2. The summed E-state index contributed by atoms with van der Waals surface area (Å²) in [6.45, 7) is 2.46. The van der Waals surface area contributed by atoms with E-state index in [0.717, 1.165) is 4.47 Å². The fraction of sp³-hybridized carbons (Fsp3) is 0.333. The van der Waals surface area contributed by atoms with Crippen molar-refractivity contribution in [2.45, 2.75) is 13.0 Å². The minimum Gasteiger partial charge on any atom is -0.383 e. The molecule has 0 saturated heterocycles. The van der Waals surface area contributed by atoms with Crippen molar-refractivity contribution in [1.82, 2.24) is 10.7 Å². The van der Waals surface area contributed by atoms with Gasteiger partial charge in [0.1, 0.15) is 5.82 Å². The topological polar surface area (TPSA) is 45.6 Å². The standard InChI is InChI=1S/C12H15BrFN3OS/c1-8(7-18-2)16-12(19)17-15-6-9-5-10(13)3-4-11(9)14/h3-6,8H,7H2,1-2H3,(H2,16,17,19)/b15-6-/t8-/m0/s1. The molecule has 7 heteroatoms. The van der Waals surface area contributed by atoms with Crippen molar-refractivity contribution in [1.29, 1.82) is 0 Å². The second kappa shape index (κ2) is 8.19. The molecular weight excluding hydrogens is 333 g/mol. The van der Waals surface area contributed by atoms with Crippen LogP contribution in [0, 0.1) is 5.82 Å². The minimum absolute atomic E-state index is 0.0720. The summed E-state index contributed by atoms with van der Waals surface area (Å²) < 4.78 is 19.1. The highest BCUT2D eigenvalue weighted by Crippen LogP contribution is 2.13. The van der Waals surface area contributed by atoms with Crippen LogP contribution in [-0.2, 0) is 4.74 Å². The molecular formula is C12H15BrFN3OS. The number of hydrogen-bond acceptors (Lipinski definition) is 3. The van der Waals surface area contributed by atoms with Crippen molar-refractivity contribution in [2.24, 2.45) is 5.10 Å². The number of hydrogen-bond donors (Lipinski definition) is 2. The van der Waals surface area contributed by atoms with E-state index >= 15 is 0 Å². The van der Waals surface area contributed by atoms with E-state index in [-0.39, 0.29) is 11.9 Å². The Balaban J connectivity index is 2.49. The molecule has 1 aromatic rings. The third-order valence-electron chi connectivity index (χ3n) is 2.12. The van der Waals surface area contributed by atoms with Crippen LogP contribution in [0.4, 0.5) is 4.39 Å². The Labute approximate surface area is 125 Å². The molecule has 0 aliphatic carbocycles. The SMILES string of the molecule is COC[C@H](C)NC(=S)N/N=C\c1cc(Br)ccc1F.